The van der Waals surface area contributed by atoms with Crippen molar-refractivity contribution in [3.63, 3.8) is 0 Å². The van der Waals surface area contributed by atoms with Crippen LogP contribution < -0.4 is 4.90 Å². The van der Waals surface area contributed by atoms with E-state index in [4.69, 9.17) is 0 Å². The second-order valence-corrected chi connectivity index (χ2v) is 4.74. The molecule has 0 heterocycles. The smallest absolute Gasteiger partial charge is 0.377 e. The van der Waals surface area contributed by atoms with Crippen LogP contribution in [0.25, 0.3) is 0 Å². The Hall–Kier alpha value is -2.41. The lowest BCUT2D eigenvalue weighted by Crippen LogP contribution is -2.10. The third kappa shape index (κ3) is 3.79. The lowest BCUT2D eigenvalue weighted by Gasteiger charge is -2.13. The molecule has 1 nitrogen and oxygen atoms in total. The van der Waals surface area contributed by atoms with Crippen LogP contribution in [0, 0.1) is 11.8 Å². The maximum Gasteiger partial charge on any atom is 0.416 e. The molecule has 2 aromatic carbocycles. The van der Waals surface area contributed by atoms with E-state index >= 15 is 0 Å². The molecule has 0 aromatic heterocycles. The Morgan fingerprint density at radius 1 is 0.857 bits per heavy atom. The van der Waals surface area contributed by atoms with Crippen molar-refractivity contribution in [2.24, 2.45) is 0 Å². The Morgan fingerprint density at radius 3 is 2.05 bits per heavy atom. The van der Waals surface area contributed by atoms with E-state index in [1.807, 2.05) is 43.3 Å². The molecule has 0 N–H and O–H groups in total. The number of hydrogen-bond acceptors (Lipinski definition) is 1. The van der Waals surface area contributed by atoms with E-state index in [0.29, 0.717) is 5.56 Å². The van der Waals surface area contributed by atoms with E-state index in [2.05, 4.69) is 11.8 Å². The molecule has 0 amide bonds. The minimum absolute atomic E-state index is 0.552. The van der Waals surface area contributed by atoms with Crippen LogP contribution in [0.4, 0.5) is 18.9 Å². The van der Waals surface area contributed by atoms with Crippen LogP contribution in [0.2, 0.25) is 0 Å². The fraction of sp³-hybridized carbons (Fsp3) is 0.176. The molecule has 0 radical (unpaired) electrons. The van der Waals surface area contributed by atoms with Gasteiger partial charge in [0, 0.05) is 25.2 Å². The highest BCUT2D eigenvalue weighted by Gasteiger charge is 2.29. The largest absolute Gasteiger partial charge is 0.416 e. The molecular weight excluding hydrogens is 275 g/mol. The molecular formula is C17H14F3N. The van der Waals surface area contributed by atoms with E-state index in [1.165, 1.54) is 12.1 Å². The molecule has 0 aliphatic rings. The van der Waals surface area contributed by atoms with Gasteiger partial charge in [-0.2, -0.15) is 13.2 Å². The van der Waals surface area contributed by atoms with Gasteiger partial charge in [-0.1, -0.05) is 24.0 Å². The van der Waals surface area contributed by atoms with Gasteiger partial charge in [0.2, 0.25) is 0 Å². The van der Waals surface area contributed by atoms with Crippen LogP contribution in [0.1, 0.15) is 16.7 Å². The van der Waals surface area contributed by atoms with Gasteiger partial charge in [-0.3, -0.25) is 0 Å². The maximum absolute atomic E-state index is 12.5. The highest BCUT2D eigenvalue weighted by molar-refractivity contribution is 5.61. The minimum Gasteiger partial charge on any atom is -0.377 e. The lowest BCUT2D eigenvalue weighted by molar-refractivity contribution is -0.137. The van der Waals surface area contributed by atoms with E-state index in [-0.39, 0.29) is 0 Å². The summed E-state index contributed by atoms with van der Waals surface area (Å²) >= 11 is 0. The van der Waals surface area contributed by atoms with Crippen molar-refractivity contribution in [3.05, 3.63) is 65.2 Å². The molecule has 4 heteroatoms. The average molecular weight is 289 g/mol. The molecule has 2 aromatic rings. The number of nitrogens with zero attached hydrogens (tertiary/aromatic N) is 1. The average Bonchev–Trinajstić information content (AvgIpc) is 2.45. The zero-order valence-corrected chi connectivity index (χ0v) is 11.7. The van der Waals surface area contributed by atoms with Gasteiger partial charge in [0.05, 0.1) is 11.3 Å². The maximum atomic E-state index is 12.5. The summed E-state index contributed by atoms with van der Waals surface area (Å²) < 4.78 is 37.4. The van der Waals surface area contributed by atoms with E-state index < -0.39 is 11.7 Å². The highest BCUT2D eigenvalue weighted by Crippen LogP contribution is 2.29. The third-order valence-electron chi connectivity index (χ3n) is 2.94. The van der Waals surface area contributed by atoms with Gasteiger partial charge in [0.1, 0.15) is 0 Å². The number of hydrogen-bond donors (Lipinski definition) is 0. The molecule has 108 valence electrons. The summed E-state index contributed by atoms with van der Waals surface area (Å²) in [4.78, 5) is 1.94. The highest BCUT2D eigenvalue weighted by atomic mass is 19.4. The van der Waals surface area contributed by atoms with Gasteiger partial charge in [0.25, 0.3) is 0 Å². The Bertz CT molecular complexity index is 674. The third-order valence-corrected chi connectivity index (χ3v) is 2.94. The van der Waals surface area contributed by atoms with Crippen molar-refractivity contribution in [1.29, 1.82) is 0 Å². The normalized spacial score (nSPS) is 10.7. The molecule has 0 fully saturated rings. The first-order chi connectivity index (χ1) is 9.88. The zero-order chi connectivity index (χ0) is 15.5. The molecule has 0 saturated heterocycles. The van der Waals surface area contributed by atoms with Crippen LogP contribution >= 0.6 is 0 Å². The van der Waals surface area contributed by atoms with Crippen molar-refractivity contribution >= 4 is 5.69 Å². The summed E-state index contributed by atoms with van der Waals surface area (Å²) in [6.45, 7) is 0. The van der Waals surface area contributed by atoms with Crippen LogP contribution in [0.3, 0.4) is 0 Å². The zero-order valence-electron chi connectivity index (χ0n) is 11.7. The molecule has 0 bridgehead atoms. The Labute approximate surface area is 122 Å². The summed E-state index contributed by atoms with van der Waals surface area (Å²) in [7, 11) is 3.83. The summed E-state index contributed by atoms with van der Waals surface area (Å²) in [6.07, 6.45) is -4.32. The fourth-order valence-electron chi connectivity index (χ4n) is 1.85. The minimum atomic E-state index is -4.32. The molecule has 0 atom stereocenters. The van der Waals surface area contributed by atoms with Gasteiger partial charge in [-0.05, 0) is 36.4 Å². The van der Waals surface area contributed by atoms with Gasteiger partial charge in [-0.15, -0.1) is 0 Å². The number of alkyl halides is 3. The molecule has 0 unspecified atom stereocenters. The number of halogens is 3. The molecule has 0 saturated carbocycles. The number of benzene rings is 2. The number of anilines is 1. The van der Waals surface area contributed by atoms with Gasteiger partial charge in [-0.25, -0.2) is 0 Å². The number of para-hydroxylation sites is 1. The van der Waals surface area contributed by atoms with Crippen LogP contribution in [-0.4, -0.2) is 14.1 Å². The Balaban J connectivity index is 2.28. The monoisotopic (exact) mass is 289 g/mol. The standard InChI is InChI=1S/C17H14F3N/c1-21(2)16-6-4-3-5-14(16)10-7-13-8-11-15(12-9-13)17(18,19)20/h3-6,8-9,11-12H,1-2H3. The fourth-order valence-corrected chi connectivity index (χ4v) is 1.85. The first-order valence-corrected chi connectivity index (χ1v) is 6.33. The van der Waals surface area contributed by atoms with Crippen LogP contribution in [0.15, 0.2) is 48.5 Å². The van der Waals surface area contributed by atoms with Gasteiger partial charge < -0.3 is 4.90 Å². The predicted octanol–water partition coefficient (Wildman–Crippen LogP) is 4.17. The van der Waals surface area contributed by atoms with Crippen molar-refractivity contribution < 1.29 is 13.2 Å². The van der Waals surface area contributed by atoms with Crippen LogP contribution in [0.5, 0.6) is 0 Å². The van der Waals surface area contributed by atoms with E-state index in [0.717, 1.165) is 23.4 Å². The van der Waals surface area contributed by atoms with Gasteiger partial charge in [0.15, 0.2) is 0 Å². The molecule has 0 aliphatic carbocycles. The second-order valence-electron chi connectivity index (χ2n) is 4.74. The van der Waals surface area contributed by atoms with E-state index in [1.54, 1.807) is 0 Å². The van der Waals surface area contributed by atoms with Crippen molar-refractivity contribution in [1.82, 2.24) is 0 Å². The summed E-state index contributed by atoms with van der Waals surface area (Å²) in [5.41, 5.74) is 1.69. The Kier molecular flexibility index (Phi) is 4.23. The summed E-state index contributed by atoms with van der Waals surface area (Å²) in [5.74, 6) is 5.89. The molecule has 0 spiro atoms. The number of rotatable bonds is 1. The first-order valence-electron chi connectivity index (χ1n) is 6.33. The topological polar surface area (TPSA) is 3.24 Å². The summed E-state index contributed by atoms with van der Waals surface area (Å²) in [5, 5.41) is 0. The molecule has 2 rings (SSSR count). The van der Waals surface area contributed by atoms with Crippen molar-refractivity contribution in [2.75, 3.05) is 19.0 Å². The van der Waals surface area contributed by atoms with Crippen LogP contribution in [-0.2, 0) is 6.18 Å². The molecule has 21 heavy (non-hydrogen) atoms. The van der Waals surface area contributed by atoms with E-state index in [9.17, 15) is 13.2 Å². The lowest BCUT2D eigenvalue weighted by atomic mass is 10.1. The first kappa shape index (κ1) is 15.0. The van der Waals surface area contributed by atoms with Gasteiger partial charge >= 0.3 is 6.18 Å². The second kappa shape index (κ2) is 5.92. The predicted molar refractivity (Wildman–Crippen MR) is 78.2 cm³/mol. The molecule has 0 aliphatic heterocycles. The van der Waals surface area contributed by atoms with Crippen molar-refractivity contribution in [2.45, 2.75) is 6.18 Å². The quantitative estimate of drug-likeness (QED) is 0.712. The summed E-state index contributed by atoms with van der Waals surface area (Å²) in [6, 6.07) is 12.5. The van der Waals surface area contributed by atoms with Crippen molar-refractivity contribution in [3.8, 4) is 11.8 Å². The SMILES string of the molecule is CN(C)c1ccccc1C#Cc1ccc(C(F)(F)F)cc1. The Morgan fingerprint density at radius 2 is 1.48 bits per heavy atom.